The fraction of sp³-hybridized carbons (Fsp3) is 0.500. The Hall–Kier alpha value is -1.81. The lowest BCUT2D eigenvalue weighted by atomic mass is 10.2. The van der Waals surface area contributed by atoms with Crippen LogP contribution in [0.3, 0.4) is 0 Å². The van der Waals surface area contributed by atoms with Crippen LogP contribution in [0.25, 0.3) is 0 Å². The molecule has 0 atom stereocenters. The number of para-hydroxylation sites is 1. The third-order valence-corrected chi connectivity index (χ3v) is 4.38. The molecule has 0 aliphatic carbocycles. The molecule has 0 fully saturated rings. The Labute approximate surface area is 138 Å². The Kier molecular flexibility index (Phi) is 5.88. The molecular weight excluding hydrogens is 351 g/mol. The van der Waals surface area contributed by atoms with Crippen molar-refractivity contribution in [1.29, 1.82) is 0 Å². The van der Waals surface area contributed by atoms with Crippen LogP contribution in [0, 0.1) is 0 Å². The van der Waals surface area contributed by atoms with Gasteiger partial charge < -0.3 is 9.47 Å². The summed E-state index contributed by atoms with van der Waals surface area (Å²) in [7, 11) is -3.33. The van der Waals surface area contributed by atoms with Crippen molar-refractivity contribution in [2.75, 3.05) is 13.6 Å². The quantitative estimate of drug-likeness (QED) is 0.746. The number of alkyl halides is 3. The van der Waals surface area contributed by atoms with Gasteiger partial charge in [0.25, 0.3) is 0 Å². The summed E-state index contributed by atoms with van der Waals surface area (Å²) in [6.45, 7) is 4.16. The van der Waals surface area contributed by atoms with Crippen LogP contribution in [0.2, 0.25) is 0 Å². The van der Waals surface area contributed by atoms with Crippen molar-refractivity contribution in [3.05, 3.63) is 24.3 Å². The first-order valence-electron chi connectivity index (χ1n) is 6.75. The van der Waals surface area contributed by atoms with E-state index in [1.807, 2.05) is 0 Å². The third-order valence-electron chi connectivity index (χ3n) is 2.53. The molecule has 1 rings (SSSR count). The number of likely N-dealkylation sites (N-methyl/N-ethyl adjacent to an activating group) is 1. The van der Waals surface area contributed by atoms with E-state index in [1.165, 1.54) is 12.1 Å². The van der Waals surface area contributed by atoms with Gasteiger partial charge >= 0.3 is 12.3 Å². The van der Waals surface area contributed by atoms with Gasteiger partial charge in [-0.3, -0.25) is 4.79 Å². The maximum Gasteiger partial charge on any atom is 0.573 e. The Balaban J connectivity index is 3.06. The average molecular weight is 369 g/mol. The summed E-state index contributed by atoms with van der Waals surface area (Å²) in [6, 6.07) is 4.29. The van der Waals surface area contributed by atoms with Crippen LogP contribution in [0.15, 0.2) is 29.2 Å². The van der Waals surface area contributed by atoms with E-state index in [0.717, 1.165) is 19.2 Å². The Morgan fingerprint density at radius 3 is 2.21 bits per heavy atom. The minimum Gasteiger partial charge on any atom is -0.459 e. The highest BCUT2D eigenvalue weighted by Gasteiger charge is 2.35. The zero-order chi connectivity index (χ0) is 18.8. The second kappa shape index (κ2) is 6.98. The SMILES string of the molecule is CN(CC(=O)OC(C)(C)C)S(=O)(=O)c1ccccc1OC(F)(F)F. The zero-order valence-electron chi connectivity index (χ0n) is 13.5. The van der Waals surface area contributed by atoms with Crippen molar-refractivity contribution in [1.82, 2.24) is 4.31 Å². The first kappa shape index (κ1) is 20.2. The summed E-state index contributed by atoms with van der Waals surface area (Å²) in [5, 5.41) is 0. The first-order chi connectivity index (χ1) is 10.7. The van der Waals surface area contributed by atoms with Crippen LogP contribution in [0.5, 0.6) is 5.75 Å². The predicted octanol–water partition coefficient (Wildman–Crippen LogP) is 2.55. The van der Waals surface area contributed by atoms with E-state index >= 15 is 0 Å². The molecule has 1 aromatic rings. The van der Waals surface area contributed by atoms with Gasteiger partial charge in [0.05, 0.1) is 0 Å². The van der Waals surface area contributed by atoms with E-state index in [1.54, 1.807) is 20.8 Å². The molecule has 1 aromatic carbocycles. The van der Waals surface area contributed by atoms with Gasteiger partial charge in [0.1, 0.15) is 22.8 Å². The van der Waals surface area contributed by atoms with Crippen molar-refractivity contribution in [2.24, 2.45) is 0 Å². The highest BCUT2D eigenvalue weighted by Crippen LogP contribution is 2.30. The minimum atomic E-state index is -5.05. The molecule has 0 radical (unpaired) electrons. The number of hydrogen-bond donors (Lipinski definition) is 0. The fourth-order valence-corrected chi connectivity index (χ4v) is 2.91. The summed E-state index contributed by atoms with van der Waals surface area (Å²) in [4.78, 5) is 11.0. The number of benzene rings is 1. The van der Waals surface area contributed by atoms with Crippen LogP contribution >= 0.6 is 0 Å². The lowest BCUT2D eigenvalue weighted by molar-refractivity contribution is -0.275. The normalized spacial score (nSPS) is 13.0. The van der Waals surface area contributed by atoms with E-state index < -0.39 is 45.1 Å². The average Bonchev–Trinajstić information content (AvgIpc) is 2.34. The summed E-state index contributed by atoms with van der Waals surface area (Å²) in [6.07, 6.45) is -5.05. The van der Waals surface area contributed by atoms with Crippen molar-refractivity contribution >= 4 is 16.0 Å². The molecule has 0 spiro atoms. The van der Waals surface area contributed by atoms with Gasteiger partial charge in [-0.2, -0.15) is 4.31 Å². The second-order valence-electron chi connectivity index (χ2n) is 5.84. The number of ether oxygens (including phenoxy) is 2. The van der Waals surface area contributed by atoms with E-state index in [2.05, 4.69) is 4.74 Å². The Morgan fingerprint density at radius 1 is 1.17 bits per heavy atom. The molecular formula is C14H18F3NO5S. The third kappa shape index (κ3) is 6.00. The molecule has 24 heavy (non-hydrogen) atoms. The molecule has 0 aliphatic heterocycles. The number of sulfonamides is 1. The number of carbonyl (C=O) groups excluding carboxylic acids is 1. The number of hydrogen-bond acceptors (Lipinski definition) is 5. The Morgan fingerprint density at radius 2 is 1.71 bits per heavy atom. The van der Waals surface area contributed by atoms with E-state index in [-0.39, 0.29) is 0 Å². The molecule has 0 saturated carbocycles. The number of nitrogens with zero attached hydrogens (tertiary/aromatic N) is 1. The maximum absolute atomic E-state index is 12.4. The van der Waals surface area contributed by atoms with Gasteiger partial charge in [0.2, 0.25) is 10.0 Å². The van der Waals surface area contributed by atoms with Crippen LogP contribution in [0.4, 0.5) is 13.2 Å². The zero-order valence-corrected chi connectivity index (χ0v) is 14.4. The van der Waals surface area contributed by atoms with E-state index in [9.17, 15) is 26.4 Å². The van der Waals surface area contributed by atoms with Crippen LogP contribution < -0.4 is 4.74 Å². The summed E-state index contributed by atoms with van der Waals surface area (Å²) in [5.74, 6) is -1.70. The molecule has 0 bridgehead atoms. The molecule has 0 aliphatic rings. The lowest BCUT2D eigenvalue weighted by Gasteiger charge is -2.23. The maximum atomic E-state index is 12.4. The monoisotopic (exact) mass is 369 g/mol. The number of rotatable bonds is 5. The van der Waals surface area contributed by atoms with E-state index in [4.69, 9.17) is 4.74 Å². The van der Waals surface area contributed by atoms with Gasteiger partial charge in [-0.05, 0) is 32.9 Å². The molecule has 0 heterocycles. The van der Waals surface area contributed by atoms with Gasteiger partial charge in [-0.1, -0.05) is 12.1 Å². The molecule has 6 nitrogen and oxygen atoms in total. The highest BCUT2D eigenvalue weighted by atomic mass is 32.2. The Bertz CT molecular complexity index is 695. The summed E-state index contributed by atoms with van der Waals surface area (Å²) >= 11 is 0. The first-order valence-corrected chi connectivity index (χ1v) is 8.19. The molecule has 0 amide bonds. The number of carbonyl (C=O) groups is 1. The molecule has 0 aromatic heterocycles. The molecule has 0 saturated heterocycles. The molecule has 0 N–H and O–H groups in total. The number of halogens is 3. The summed E-state index contributed by atoms with van der Waals surface area (Å²) in [5.41, 5.74) is -0.820. The topological polar surface area (TPSA) is 72.9 Å². The van der Waals surface area contributed by atoms with Gasteiger partial charge in [-0.15, -0.1) is 13.2 Å². The molecule has 10 heteroatoms. The fourth-order valence-electron chi connectivity index (χ4n) is 1.68. The predicted molar refractivity (Wildman–Crippen MR) is 78.8 cm³/mol. The van der Waals surface area contributed by atoms with Crippen LogP contribution in [-0.2, 0) is 19.6 Å². The van der Waals surface area contributed by atoms with Gasteiger partial charge in [0, 0.05) is 7.05 Å². The smallest absolute Gasteiger partial charge is 0.459 e. The highest BCUT2D eigenvalue weighted by molar-refractivity contribution is 7.89. The van der Waals surface area contributed by atoms with Crippen molar-refractivity contribution in [3.8, 4) is 5.75 Å². The lowest BCUT2D eigenvalue weighted by Crippen LogP contribution is -2.36. The number of esters is 1. The van der Waals surface area contributed by atoms with Gasteiger partial charge in [-0.25, -0.2) is 8.42 Å². The van der Waals surface area contributed by atoms with E-state index in [0.29, 0.717) is 4.31 Å². The van der Waals surface area contributed by atoms with Crippen molar-refractivity contribution < 1.29 is 35.9 Å². The van der Waals surface area contributed by atoms with Crippen molar-refractivity contribution in [2.45, 2.75) is 37.6 Å². The van der Waals surface area contributed by atoms with Crippen LogP contribution in [0.1, 0.15) is 20.8 Å². The van der Waals surface area contributed by atoms with Crippen molar-refractivity contribution in [3.63, 3.8) is 0 Å². The molecule has 136 valence electrons. The van der Waals surface area contributed by atoms with Gasteiger partial charge in [0.15, 0.2) is 0 Å². The largest absolute Gasteiger partial charge is 0.573 e. The van der Waals surface area contributed by atoms with Crippen LogP contribution in [-0.4, -0.2) is 44.2 Å². The summed E-state index contributed by atoms with van der Waals surface area (Å²) < 4.78 is 71.4. The minimum absolute atomic E-state index is 0.597. The molecule has 0 unspecified atom stereocenters. The standard InChI is InChI=1S/C14H18F3NO5S/c1-13(2,3)23-12(19)9-18(4)24(20,21)11-8-6-5-7-10(11)22-14(15,16)17/h5-8H,9H2,1-4H3. The second-order valence-corrected chi connectivity index (χ2v) is 7.86.